The second kappa shape index (κ2) is 8.10. The number of aromatic carboxylic acids is 1. The number of nitrogens with one attached hydrogen (secondary N) is 1. The molecule has 0 aromatic heterocycles. The van der Waals surface area contributed by atoms with Gasteiger partial charge >= 0.3 is 5.97 Å². The van der Waals surface area contributed by atoms with E-state index in [9.17, 15) is 9.59 Å². The van der Waals surface area contributed by atoms with Gasteiger partial charge in [0.25, 0.3) is 5.91 Å². The lowest BCUT2D eigenvalue weighted by molar-refractivity contribution is -0.131. The van der Waals surface area contributed by atoms with Gasteiger partial charge in [-0.3, -0.25) is 4.79 Å². The summed E-state index contributed by atoms with van der Waals surface area (Å²) in [5.74, 6) is -1.17. The van der Waals surface area contributed by atoms with E-state index in [1.807, 2.05) is 36.4 Å². The molecule has 23 heavy (non-hydrogen) atoms. The first-order valence-corrected chi connectivity index (χ1v) is 7.29. The van der Waals surface area contributed by atoms with Crippen molar-refractivity contribution in [1.82, 2.24) is 5.32 Å². The van der Waals surface area contributed by atoms with Crippen LogP contribution in [0.4, 0.5) is 0 Å². The number of hydrogen-bond donors (Lipinski definition) is 2. The topological polar surface area (TPSA) is 75.6 Å². The molecule has 0 radical (unpaired) electrons. The standard InChI is InChI=1S/C18H19NO4/c1-23-16(14-7-3-2-4-8-14)17(20)19-11-10-13-6-5-9-15(12-13)18(21)22/h2-9,12,16H,10-11H2,1H3,(H,19,20)(H,21,22)/t16-/m0/s1. The van der Waals surface area contributed by atoms with Crippen LogP contribution < -0.4 is 5.32 Å². The van der Waals surface area contributed by atoms with E-state index in [0.29, 0.717) is 13.0 Å². The Kier molecular flexibility index (Phi) is 5.88. The van der Waals surface area contributed by atoms with Gasteiger partial charge in [0.1, 0.15) is 0 Å². The normalized spacial score (nSPS) is 11.7. The molecule has 0 saturated carbocycles. The fraction of sp³-hybridized carbons (Fsp3) is 0.222. The Morgan fingerprint density at radius 3 is 2.52 bits per heavy atom. The maximum Gasteiger partial charge on any atom is 0.335 e. The van der Waals surface area contributed by atoms with Crippen LogP contribution in [-0.4, -0.2) is 30.6 Å². The van der Waals surface area contributed by atoms with Gasteiger partial charge in [0, 0.05) is 13.7 Å². The lowest BCUT2D eigenvalue weighted by Gasteiger charge is -2.15. The van der Waals surface area contributed by atoms with Crippen LogP contribution in [0.15, 0.2) is 54.6 Å². The van der Waals surface area contributed by atoms with Gasteiger partial charge in [-0.2, -0.15) is 0 Å². The number of rotatable bonds is 7. The van der Waals surface area contributed by atoms with E-state index in [-0.39, 0.29) is 11.5 Å². The highest BCUT2D eigenvalue weighted by atomic mass is 16.5. The van der Waals surface area contributed by atoms with Crippen molar-refractivity contribution in [2.75, 3.05) is 13.7 Å². The summed E-state index contributed by atoms with van der Waals surface area (Å²) in [5.41, 5.74) is 1.90. The van der Waals surface area contributed by atoms with E-state index < -0.39 is 12.1 Å². The number of benzene rings is 2. The molecule has 0 fully saturated rings. The highest BCUT2D eigenvalue weighted by Gasteiger charge is 2.19. The second-order valence-corrected chi connectivity index (χ2v) is 5.07. The maximum absolute atomic E-state index is 12.2. The molecule has 0 aliphatic heterocycles. The second-order valence-electron chi connectivity index (χ2n) is 5.07. The van der Waals surface area contributed by atoms with Crippen LogP contribution in [-0.2, 0) is 16.0 Å². The number of carboxylic acid groups (broad SMARTS) is 1. The van der Waals surface area contributed by atoms with Gasteiger partial charge in [-0.05, 0) is 29.7 Å². The van der Waals surface area contributed by atoms with E-state index in [0.717, 1.165) is 11.1 Å². The van der Waals surface area contributed by atoms with Crippen LogP contribution in [0.2, 0.25) is 0 Å². The minimum absolute atomic E-state index is 0.215. The minimum Gasteiger partial charge on any atom is -0.478 e. The van der Waals surface area contributed by atoms with E-state index in [1.54, 1.807) is 18.2 Å². The SMILES string of the molecule is CO[C@H](C(=O)NCCc1cccc(C(=O)O)c1)c1ccccc1. The molecule has 0 unspecified atom stereocenters. The molecule has 0 aliphatic carbocycles. The first-order chi connectivity index (χ1) is 11.1. The third-order valence-corrected chi connectivity index (χ3v) is 3.46. The molecule has 2 aromatic carbocycles. The largest absolute Gasteiger partial charge is 0.478 e. The molecule has 5 nitrogen and oxygen atoms in total. The quantitative estimate of drug-likeness (QED) is 0.823. The summed E-state index contributed by atoms with van der Waals surface area (Å²) in [4.78, 5) is 23.1. The van der Waals surface area contributed by atoms with Crippen molar-refractivity contribution >= 4 is 11.9 Å². The highest BCUT2D eigenvalue weighted by Crippen LogP contribution is 2.16. The van der Waals surface area contributed by atoms with E-state index in [1.165, 1.54) is 7.11 Å². The number of carbonyl (C=O) groups is 2. The van der Waals surface area contributed by atoms with Gasteiger partial charge in [0.2, 0.25) is 0 Å². The number of carboxylic acids is 1. The lowest BCUT2D eigenvalue weighted by Crippen LogP contribution is -2.31. The Bertz CT molecular complexity index is 670. The molecular formula is C18H19NO4. The molecule has 120 valence electrons. The lowest BCUT2D eigenvalue weighted by atomic mass is 10.1. The molecule has 0 spiro atoms. The summed E-state index contributed by atoms with van der Waals surface area (Å²) >= 11 is 0. The number of amides is 1. The molecule has 1 atom stereocenters. The summed E-state index contributed by atoms with van der Waals surface area (Å²) in [6.45, 7) is 0.411. The maximum atomic E-state index is 12.2. The van der Waals surface area contributed by atoms with Crippen LogP contribution in [0.3, 0.4) is 0 Å². The number of methoxy groups -OCH3 is 1. The van der Waals surface area contributed by atoms with Gasteiger partial charge in [0.05, 0.1) is 5.56 Å². The average Bonchev–Trinajstić information content (AvgIpc) is 2.57. The zero-order valence-corrected chi connectivity index (χ0v) is 12.9. The van der Waals surface area contributed by atoms with Crippen molar-refractivity contribution in [3.63, 3.8) is 0 Å². The molecule has 2 aromatic rings. The third kappa shape index (κ3) is 4.66. The van der Waals surface area contributed by atoms with Gasteiger partial charge in [-0.1, -0.05) is 42.5 Å². The fourth-order valence-electron chi connectivity index (χ4n) is 2.30. The van der Waals surface area contributed by atoms with Crippen LogP contribution >= 0.6 is 0 Å². The van der Waals surface area contributed by atoms with Crippen LogP contribution in [0.1, 0.15) is 27.6 Å². The Hall–Kier alpha value is -2.66. The monoisotopic (exact) mass is 313 g/mol. The van der Waals surface area contributed by atoms with Crippen LogP contribution in [0.25, 0.3) is 0 Å². The van der Waals surface area contributed by atoms with E-state index >= 15 is 0 Å². The molecule has 0 saturated heterocycles. The van der Waals surface area contributed by atoms with Crippen molar-refractivity contribution in [1.29, 1.82) is 0 Å². The Morgan fingerprint density at radius 2 is 1.87 bits per heavy atom. The van der Waals surface area contributed by atoms with Gasteiger partial charge < -0.3 is 15.2 Å². The number of ether oxygens (including phenoxy) is 1. The van der Waals surface area contributed by atoms with Crippen molar-refractivity contribution in [2.45, 2.75) is 12.5 Å². The summed E-state index contributed by atoms with van der Waals surface area (Å²) in [6, 6.07) is 15.9. The molecule has 2 N–H and O–H groups in total. The Balaban J connectivity index is 1.91. The molecule has 0 bridgehead atoms. The van der Waals surface area contributed by atoms with Crippen molar-refractivity contribution in [2.24, 2.45) is 0 Å². The van der Waals surface area contributed by atoms with Gasteiger partial charge in [-0.25, -0.2) is 4.79 Å². The minimum atomic E-state index is -0.959. The first kappa shape index (κ1) is 16.7. The molecule has 2 rings (SSSR count). The fourth-order valence-corrected chi connectivity index (χ4v) is 2.30. The van der Waals surface area contributed by atoms with Gasteiger partial charge in [-0.15, -0.1) is 0 Å². The molecule has 0 heterocycles. The zero-order chi connectivity index (χ0) is 16.7. The predicted molar refractivity (Wildman–Crippen MR) is 86.3 cm³/mol. The summed E-state index contributed by atoms with van der Waals surface area (Å²) in [7, 11) is 1.49. The van der Waals surface area contributed by atoms with Gasteiger partial charge in [0.15, 0.2) is 6.10 Å². The predicted octanol–water partition coefficient (Wildman–Crippen LogP) is 2.43. The first-order valence-electron chi connectivity index (χ1n) is 7.29. The molecule has 0 aliphatic rings. The average molecular weight is 313 g/mol. The van der Waals surface area contributed by atoms with Crippen molar-refractivity contribution in [3.8, 4) is 0 Å². The molecule has 1 amide bonds. The zero-order valence-electron chi connectivity index (χ0n) is 12.9. The summed E-state index contributed by atoms with van der Waals surface area (Å²) in [6.07, 6.45) is -0.0977. The van der Waals surface area contributed by atoms with Crippen LogP contribution in [0.5, 0.6) is 0 Å². The number of carbonyl (C=O) groups excluding carboxylic acids is 1. The molecule has 5 heteroatoms. The molecular weight excluding hydrogens is 294 g/mol. The number of hydrogen-bond acceptors (Lipinski definition) is 3. The van der Waals surface area contributed by atoms with Crippen molar-refractivity contribution < 1.29 is 19.4 Å². The van der Waals surface area contributed by atoms with E-state index in [4.69, 9.17) is 9.84 Å². The Labute approximate surface area is 134 Å². The summed E-state index contributed by atoms with van der Waals surface area (Å²) < 4.78 is 5.26. The smallest absolute Gasteiger partial charge is 0.335 e. The van der Waals surface area contributed by atoms with Crippen LogP contribution in [0, 0.1) is 0 Å². The Morgan fingerprint density at radius 1 is 1.13 bits per heavy atom. The third-order valence-electron chi connectivity index (χ3n) is 3.46. The highest BCUT2D eigenvalue weighted by molar-refractivity contribution is 5.87. The van der Waals surface area contributed by atoms with E-state index in [2.05, 4.69) is 5.32 Å². The summed E-state index contributed by atoms with van der Waals surface area (Å²) in [5, 5.41) is 11.8. The van der Waals surface area contributed by atoms with Crippen molar-refractivity contribution in [3.05, 3.63) is 71.3 Å².